The molecular formula is C19H19FN4O4S. The highest BCUT2D eigenvalue weighted by molar-refractivity contribution is 7.89. The minimum Gasteiger partial charge on any atom is -0.342 e. The van der Waals surface area contributed by atoms with E-state index in [1.54, 1.807) is 0 Å². The number of nitrogens with one attached hydrogen (secondary N) is 3. The first-order valence-electron chi connectivity index (χ1n) is 9.08. The predicted octanol–water partition coefficient (Wildman–Crippen LogP) is 1.42. The first kappa shape index (κ1) is 19.5. The topological polar surface area (TPSA) is 117 Å². The Bertz CT molecular complexity index is 1040. The van der Waals surface area contributed by atoms with Crippen LogP contribution in [0.3, 0.4) is 0 Å². The Kier molecular flexibility index (Phi) is 4.83. The lowest BCUT2D eigenvalue weighted by molar-refractivity contribution is -0.115. The van der Waals surface area contributed by atoms with Crippen LogP contribution < -0.4 is 15.4 Å². The quantitative estimate of drug-likeness (QED) is 0.629. The average molecular weight is 418 g/mol. The highest BCUT2D eigenvalue weighted by Gasteiger charge is 2.58. The van der Waals surface area contributed by atoms with Gasteiger partial charge in [0.25, 0.3) is 5.91 Å². The molecule has 2 amide bonds. The van der Waals surface area contributed by atoms with Gasteiger partial charge < -0.3 is 10.6 Å². The van der Waals surface area contributed by atoms with Gasteiger partial charge in [-0.15, -0.1) is 0 Å². The molecule has 0 radical (unpaired) electrons. The fourth-order valence-electron chi connectivity index (χ4n) is 3.63. The molecule has 8 nitrogen and oxygen atoms in total. The van der Waals surface area contributed by atoms with Crippen LogP contribution in [-0.2, 0) is 14.8 Å². The third-order valence-corrected chi connectivity index (χ3v) is 6.80. The van der Waals surface area contributed by atoms with Gasteiger partial charge in [0.15, 0.2) is 0 Å². The maximum atomic E-state index is 12.8. The van der Waals surface area contributed by atoms with Gasteiger partial charge in [0, 0.05) is 11.2 Å². The van der Waals surface area contributed by atoms with Crippen LogP contribution in [0.4, 0.5) is 10.1 Å². The number of carbonyl (C=O) groups excluding carboxylic acids is 2. The summed E-state index contributed by atoms with van der Waals surface area (Å²) in [7, 11) is -3.59. The lowest BCUT2D eigenvalue weighted by Crippen LogP contribution is -2.67. The first-order valence-corrected chi connectivity index (χ1v) is 10.6. The Labute approximate surface area is 167 Å². The van der Waals surface area contributed by atoms with Crippen LogP contribution >= 0.6 is 0 Å². The standard InChI is InChI=1S/C19H19FN4O4S/c20-13-1-6-16(21-10-13)18(26)22-11-17(25)23-14-2-4-15(5-3-14)29(27,28)24-19-7-12(8-19)9-19/h1-6,10,12,24H,7-9,11H2,(H,22,26)(H,23,25). The van der Waals surface area contributed by atoms with Crippen LogP contribution in [0.15, 0.2) is 47.5 Å². The fraction of sp³-hybridized carbons (Fsp3) is 0.316. The molecule has 3 aliphatic carbocycles. The number of sulfonamides is 1. The average Bonchev–Trinajstić information content (AvgIpc) is 2.63. The smallest absolute Gasteiger partial charge is 0.270 e. The van der Waals surface area contributed by atoms with Crippen molar-refractivity contribution in [1.29, 1.82) is 0 Å². The monoisotopic (exact) mass is 418 g/mol. The van der Waals surface area contributed by atoms with Gasteiger partial charge in [0.1, 0.15) is 11.5 Å². The zero-order valence-corrected chi connectivity index (χ0v) is 16.1. The van der Waals surface area contributed by atoms with Gasteiger partial charge >= 0.3 is 0 Å². The highest BCUT2D eigenvalue weighted by atomic mass is 32.2. The number of amides is 2. The molecule has 0 spiro atoms. The molecule has 2 aromatic rings. The third kappa shape index (κ3) is 4.13. The van der Waals surface area contributed by atoms with Crippen LogP contribution in [0.1, 0.15) is 29.8 Å². The summed E-state index contributed by atoms with van der Waals surface area (Å²) in [6.45, 7) is -0.316. The lowest BCUT2D eigenvalue weighted by atomic mass is 9.50. The van der Waals surface area contributed by atoms with Gasteiger partial charge in [-0.3, -0.25) is 9.59 Å². The van der Waals surface area contributed by atoms with E-state index in [9.17, 15) is 22.4 Å². The van der Waals surface area contributed by atoms with Crippen LogP contribution in [0, 0.1) is 11.7 Å². The van der Waals surface area contributed by atoms with Crippen molar-refractivity contribution in [3.05, 3.63) is 54.1 Å². The van der Waals surface area contributed by atoms with Crippen molar-refractivity contribution in [2.24, 2.45) is 5.92 Å². The number of anilines is 1. The van der Waals surface area contributed by atoms with Crippen LogP contribution in [-0.4, -0.2) is 37.3 Å². The maximum Gasteiger partial charge on any atom is 0.270 e. The van der Waals surface area contributed by atoms with Crippen LogP contribution in [0.5, 0.6) is 0 Å². The van der Waals surface area contributed by atoms with Crippen molar-refractivity contribution >= 4 is 27.5 Å². The molecule has 10 heteroatoms. The molecule has 3 N–H and O–H groups in total. The molecule has 3 fully saturated rings. The van der Waals surface area contributed by atoms with Crippen LogP contribution in [0.2, 0.25) is 0 Å². The van der Waals surface area contributed by atoms with Crippen LogP contribution in [0.25, 0.3) is 0 Å². The molecule has 1 aromatic carbocycles. The molecule has 3 aliphatic rings. The minimum absolute atomic E-state index is 0.00928. The van der Waals surface area contributed by atoms with Gasteiger partial charge in [0.05, 0.1) is 17.6 Å². The predicted molar refractivity (Wildman–Crippen MR) is 102 cm³/mol. The fourth-order valence-corrected chi connectivity index (χ4v) is 5.06. The van der Waals surface area contributed by atoms with E-state index >= 15 is 0 Å². The third-order valence-electron chi connectivity index (χ3n) is 5.21. The Balaban J connectivity index is 1.29. The molecule has 152 valence electrons. The summed E-state index contributed by atoms with van der Waals surface area (Å²) in [6.07, 6.45) is 3.62. The zero-order valence-electron chi connectivity index (χ0n) is 15.3. The van der Waals surface area contributed by atoms with Gasteiger partial charge in [-0.1, -0.05) is 0 Å². The number of rotatable bonds is 7. The molecule has 5 rings (SSSR count). The van der Waals surface area contributed by atoms with E-state index in [4.69, 9.17) is 0 Å². The largest absolute Gasteiger partial charge is 0.342 e. The number of benzene rings is 1. The summed E-state index contributed by atoms with van der Waals surface area (Å²) < 4.78 is 40.5. The summed E-state index contributed by atoms with van der Waals surface area (Å²) in [6, 6.07) is 8.12. The first-order chi connectivity index (χ1) is 13.7. The summed E-state index contributed by atoms with van der Waals surface area (Å²) in [5.41, 5.74) is 0.132. The van der Waals surface area contributed by atoms with E-state index in [0.29, 0.717) is 11.6 Å². The lowest BCUT2D eigenvalue weighted by Gasteiger charge is -2.61. The van der Waals surface area contributed by atoms with E-state index in [1.807, 2.05) is 0 Å². The Morgan fingerprint density at radius 3 is 2.34 bits per heavy atom. The number of hydrogen-bond acceptors (Lipinski definition) is 5. The molecule has 0 aliphatic heterocycles. The van der Waals surface area contributed by atoms with E-state index in [0.717, 1.165) is 31.5 Å². The van der Waals surface area contributed by atoms with Crippen molar-refractivity contribution in [3.8, 4) is 0 Å². The van der Waals surface area contributed by atoms with Gasteiger partial charge in [-0.2, -0.15) is 0 Å². The Morgan fingerprint density at radius 2 is 1.79 bits per heavy atom. The van der Waals surface area contributed by atoms with Gasteiger partial charge in [-0.25, -0.2) is 22.5 Å². The Morgan fingerprint density at radius 1 is 1.10 bits per heavy atom. The molecule has 1 aromatic heterocycles. The summed E-state index contributed by atoms with van der Waals surface area (Å²) in [5, 5.41) is 4.94. The van der Waals surface area contributed by atoms with Gasteiger partial charge in [-0.05, 0) is 61.6 Å². The second-order valence-corrected chi connectivity index (χ2v) is 9.16. The summed E-state index contributed by atoms with van der Waals surface area (Å²) in [5.74, 6) is -1.01. The number of nitrogens with zero attached hydrogens (tertiary/aromatic N) is 1. The normalized spacial score (nSPS) is 22.2. The molecule has 2 bridgehead atoms. The van der Waals surface area contributed by atoms with E-state index in [1.165, 1.54) is 30.3 Å². The summed E-state index contributed by atoms with van der Waals surface area (Å²) in [4.78, 5) is 27.6. The number of carbonyl (C=O) groups is 2. The number of hydrogen-bond donors (Lipinski definition) is 3. The molecule has 0 atom stereocenters. The molecule has 3 saturated carbocycles. The maximum absolute atomic E-state index is 12.8. The minimum atomic E-state index is -3.59. The van der Waals surface area contributed by atoms with Crippen molar-refractivity contribution in [2.75, 3.05) is 11.9 Å². The molecule has 1 heterocycles. The summed E-state index contributed by atoms with van der Waals surface area (Å²) >= 11 is 0. The van der Waals surface area contributed by atoms with E-state index in [-0.39, 0.29) is 22.7 Å². The second-order valence-electron chi connectivity index (χ2n) is 7.48. The molecule has 29 heavy (non-hydrogen) atoms. The van der Waals surface area contributed by atoms with Gasteiger partial charge in [0.2, 0.25) is 15.9 Å². The molecule has 0 unspecified atom stereocenters. The van der Waals surface area contributed by atoms with Crippen molar-refractivity contribution < 1.29 is 22.4 Å². The van der Waals surface area contributed by atoms with Crippen molar-refractivity contribution in [2.45, 2.75) is 29.7 Å². The second kappa shape index (κ2) is 7.20. The van der Waals surface area contributed by atoms with Crippen molar-refractivity contribution in [3.63, 3.8) is 0 Å². The van der Waals surface area contributed by atoms with E-state index < -0.39 is 27.7 Å². The van der Waals surface area contributed by atoms with E-state index in [2.05, 4.69) is 20.3 Å². The SMILES string of the molecule is O=C(CNC(=O)c1ccc(F)cn1)Nc1ccc(S(=O)(=O)NC23CC(C2)C3)cc1. The molecular weight excluding hydrogens is 399 g/mol. The zero-order chi connectivity index (χ0) is 20.6. The highest BCUT2D eigenvalue weighted by Crippen LogP contribution is 2.57. The number of halogens is 1. The molecule has 0 saturated heterocycles. The van der Waals surface area contributed by atoms with Crippen molar-refractivity contribution in [1.82, 2.24) is 15.0 Å². The number of aromatic nitrogens is 1. The number of pyridine rings is 1. The Hall–Kier alpha value is -2.85.